The van der Waals surface area contributed by atoms with Gasteiger partial charge in [0.2, 0.25) is 5.91 Å². The Morgan fingerprint density at radius 3 is 2.92 bits per heavy atom. The highest BCUT2D eigenvalue weighted by Gasteiger charge is 2.31. The van der Waals surface area contributed by atoms with Gasteiger partial charge in [-0.25, -0.2) is 0 Å². The molecule has 2 heterocycles. The van der Waals surface area contributed by atoms with Crippen molar-refractivity contribution in [1.29, 1.82) is 0 Å². The van der Waals surface area contributed by atoms with E-state index in [9.17, 15) is 4.79 Å². The second-order valence-electron chi connectivity index (χ2n) is 6.22. The lowest BCUT2D eigenvalue weighted by atomic mass is 10.0. The molecule has 1 atom stereocenters. The minimum atomic E-state index is 0.117. The minimum Gasteiger partial charge on any atom is -0.361 e. The number of likely N-dealkylation sites (tertiary alicyclic amines) is 1. The fourth-order valence-electron chi connectivity index (χ4n) is 3.52. The molecule has 4 nitrogen and oxygen atoms in total. The van der Waals surface area contributed by atoms with Gasteiger partial charge < -0.3 is 9.42 Å². The van der Waals surface area contributed by atoms with Gasteiger partial charge >= 0.3 is 0 Å². The number of carbonyl (C=O) groups excluding carboxylic acids is 1. The van der Waals surface area contributed by atoms with E-state index in [2.05, 4.69) is 11.2 Å². The van der Waals surface area contributed by atoms with Crippen LogP contribution in [-0.2, 0) is 24.1 Å². The molecule has 0 aliphatic carbocycles. The molecule has 2 aromatic rings. The summed E-state index contributed by atoms with van der Waals surface area (Å²) < 4.78 is 5.39. The maximum absolute atomic E-state index is 12.9. The predicted octanol–water partition coefficient (Wildman–Crippen LogP) is 4.36. The predicted molar refractivity (Wildman–Crippen MR) is 94.1 cm³/mol. The lowest BCUT2D eigenvalue weighted by molar-refractivity contribution is -0.131. The second-order valence-corrected chi connectivity index (χ2v) is 6.65. The number of aromatic nitrogens is 1. The Morgan fingerprint density at radius 2 is 2.21 bits per heavy atom. The fourth-order valence-corrected chi connectivity index (χ4v) is 3.71. The van der Waals surface area contributed by atoms with Crippen molar-refractivity contribution in [2.24, 2.45) is 0 Å². The monoisotopic (exact) mass is 346 g/mol. The van der Waals surface area contributed by atoms with Crippen LogP contribution >= 0.6 is 11.6 Å². The van der Waals surface area contributed by atoms with E-state index in [1.54, 1.807) is 0 Å². The number of benzene rings is 1. The number of hydrogen-bond acceptors (Lipinski definition) is 3. The molecule has 5 heteroatoms. The van der Waals surface area contributed by atoms with E-state index >= 15 is 0 Å². The first-order valence-corrected chi connectivity index (χ1v) is 9.03. The van der Waals surface area contributed by atoms with Crippen molar-refractivity contribution in [3.8, 4) is 0 Å². The van der Waals surface area contributed by atoms with Gasteiger partial charge in [0, 0.05) is 23.6 Å². The van der Waals surface area contributed by atoms with Gasteiger partial charge in [-0.05, 0) is 37.0 Å². The number of halogens is 1. The van der Waals surface area contributed by atoms with Crippen LogP contribution in [0.1, 0.15) is 55.3 Å². The van der Waals surface area contributed by atoms with Crippen LogP contribution in [0.3, 0.4) is 0 Å². The van der Waals surface area contributed by atoms with E-state index in [0.717, 1.165) is 54.8 Å². The Bertz CT molecular complexity index is 704. The molecule has 1 aromatic heterocycles. The molecule has 0 radical (unpaired) electrons. The Balaban J connectivity index is 1.80. The van der Waals surface area contributed by atoms with Crippen molar-refractivity contribution in [3.05, 3.63) is 51.9 Å². The van der Waals surface area contributed by atoms with E-state index in [1.807, 2.05) is 36.9 Å². The summed E-state index contributed by atoms with van der Waals surface area (Å²) in [7, 11) is 0. The third kappa shape index (κ3) is 3.34. The van der Waals surface area contributed by atoms with E-state index < -0.39 is 0 Å². The second kappa shape index (κ2) is 7.39. The molecule has 1 saturated heterocycles. The molecule has 1 fully saturated rings. The van der Waals surface area contributed by atoms with Gasteiger partial charge in [0.15, 0.2) is 0 Å². The molecule has 0 N–H and O–H groups in total. The molecular formula is C19H23ClN2O2. The van der Waals surface area contributed by atoms with Crippen molar-refractivity contribution in [1.82, 2.24) is 10.1 Å². The summed E-state index contributed by atoms with van der Waals surface area (Å²) in [5.41, 5.74) is 2.99. The topological polar surface area (TPSA) is 46.3 Å². The summed E-state index contributed by atoms with van der Waals surface area (Å²) in [5.74, 6) is 0.976. The summed E-state index contributed by atoms with van der Waals surface area (Å²) in [6, 6.07) is 7.95. The van der Waals surface area contributed by atoms with E-state index in [-0.39, 0.29) is 11.9 Å². The lowest BCUT2D eigenvalue weighted by Crippen LogP contribution is -2.32. The van der Waals surface area contributed by atoms with Crippen molar-refractivity contribution in [2.75, 3.05) is 6.54 Å². The highest BCUT2D eigenvalue weighted by atomic mass is 35.5. The van der Waals surface area contributed by atoms with Gasteiger partial charge in [0.25, 0.3) is 0 Å². The Morgan fingerprint density at radius 1 is 1.38 bits per heavy atom. The van der Waals surface area contributed by atoms with Crippen LogP contribution in [0.2, 0.25) is 5.02 Å². The number of nitrogens with zero attached hydrogens (tertiary/aromatic N) is 2. The zero-order valence-electron chi connectivity index (χ0n) is 14.2. The number of amides is 1. The first-order valence-electron chi connectivity index (χ1n) is 8.65. The summed E-state index contributed by atoms with van der Waals surface area (Å²) in [6.45, 7) is 4.86. The average Bonchev–Trinajstić information content (AvgIpc) is 3.21. The Labute approximate surface area is 147 Å². The van der Waals surface area contributed by atoms with Gasteiger partial charge in [-0.2, -0.15) is 0 Å². The highest BCUT2D eigenvalue weighted by molar-refractivity contribution is 6.30. The van der Waals surface area contributed by atoms with Crippen LogP contribution in [0.15, 0.2) is 28.8 Å². The minimum absolute atomic E-state index is 0.117. The molecule has 0 unspecified atom stereocenters. The highest BCUT2D eigenvalue weighted by Crippen LogP contribution is 2.33. The standard InChI is InChI=1S/C19H23ClN2O2/c1-3-16-15(18(4-2)24-21-16)12-19(23)22-10-6-9-17(22)13-7-5-8-14(20)11-13/h5,7-8,11,17H,3-4,6,9-10,12H2,1-2H3/t17-/m1/s1. The van der Waals surface area contributed by atoms with E-state index in [0.29, 0.717) is 11.4 Å². The van der Waals surface area contributed by atoms with Crippen molar-refractivity contribution in [2.45, 2.75) is 52.0 Å². The van der Waals surface area contributed by atoms with Crippen LogP contribution in [0.25, 0.3) is 0 Å². The average molecular weight is 347 g/mol. The maximum Gasteiger partial charge on any atom is 0.227 e. The van der Waals surface area contributed by atoms with Crippen LogP contribution in [0, 0.1) is 0 Å². The van der Waals surface area contributed by atoms with E-state index in [4.69, 9.17) is 16.1 Å². The number of rotatable bonds is 5. The summed E-state index contributed by atoms with van der Waals surface area (Å²) >= 11 is 6.12. The number of carbonyl (C=O) groups is 1. The lowest BCUT2D eigenvalue weighted by Gasteiger charge is -2.25. The number of aryl methyl sites for hydroxylation is 2. The van der Waals surface area contributed by atoms with Gasteiger partial charge in [-0.3, -0.25) is 4.79 Å². The molecule has 1 amide bonds. The first-order chi connectivity index (χ1) is 11.6. The third-order valence-corrected chi connectivity index (χ3v) is 4.98. The normalized spacial score (nSPS) is 17.5. The summed E-state index contributed by atoms with van der Waals surface area (Å²) in [6.07, 6.45) is 3.91. The van der Waals surface area contributed by atoms with Crippen molar-refractivity contribution < 1.29 is 9.32 Å². The molecule has 3 rings (SSSR count). The Kier molecular flexibility index (Phi) is 5.24. The van der Waals surface area contributed by atoms with Gasteiger partial charge in [0.05, 0.1) is 18.2 Å². The molecule has 0 saturated carbocycles. The largest absolute Gasteiger partial charge is 0.361 e. The van der Waals surface area contributed by atoms with Gasteiger partial charge in [-0.15, -0.1) is 0 Å². The van der Waals surface area contributed by atoms with E-state index in [1.165, 1.54) is 0 Å². The first kappa shape index (κ1) is 17.0. The molecule has 1 aromatic carbocycles. The van der Waals surface area contributed by atoms with Crippen LogP contribution in [0.5, 0.6) is 0 Å². The molecule has 1 aliphatic heterocycles. The van der Waals surface area contributed by atoms with Crippen LogP contribution in [0.4, 0.5) is 0 Å². The molecule has 1 aliphatic rings. The fraction of sp³-hybridized carbons (Fsp3) is 0.474. The maximum atomic E-state index is 12.9. The zero-order valence-corrected chi connectivity index (χ0v) is 15.0. The molecular weight excluding hydrogens is 324 g/mol. The SMILES string of the molecule is CCc1noc(CC)c1CC(=O)N1CCC[C@@H]1c1cccc(Cl)c1. The van der Waals surface area contributed by atoms with Crippen LogP contribution < -0.4 is 0 Å². The van der Waals surface area contributed by atoms with Gasteiger partial charge in [0.1, 0.15) is 5.76 Å². The number of hydrogen-bond donors (Lipinski definition) is 0. The molecule has 0 bridgehead atoms. The zero-order chi connectivity index (χ0) is 17.1. The summed E-state index contributed by atoms with van der Waals surface area (Å²) in [4.78, 5) is 14.9. The molecule has 0 spiro atoms. The molecule has 24 heavy (non-hydrogen) atoms. The van der Waals surface area contributed by atoms with Crippen molar-refractivity contribution in [3.63, 3.8) is 0 Å². The van der Waals surface area contributed by atoms with Crippen LogP contribution in [-0.4, -0.2) is 22.5 Å². The Hall–Kier alpha value is -1.81. The van der Waals surface area contributed by atoms with Crippen molar-refractivity contribution >= 4 is 17.5 Å². The third-order valence-electron chi connectivity index (χ3n) is 4.74. The molecule has 128 valence electrons. The summed E-state index contributed by atoms with van der Waals surface area (Å²) in [5, 5.41) is 4.83. The smallest absolute Gasteiger partial charge is 0.227 e. The van der Waals surface area contributed by atoms with Gasteiger partial charge in [-0.1, -0.05) is 42.7 Å². The quantitative estimate of drug-likeness (QED) is 0.808.